The molecule has 0 radical (unpaired) electrons. The molecule has 2 aliphatic heterocycles. The summed E-state index contributed by atoms with van der Waals surface area (Å²) < 4.78 is 0. The Morgan fingerprint density at radius 2 is 1.70 bits per heavy atom. The van der Waals surface area contributed by atoms with Crippen LogP contribution >= 0.6 is 0 Å². The highest BCUT2D eigenvalue weighted by atomic mass is 16.2. The second-order valence-corrected chi connectivity index (χ2v) is 6.89. The summed E-state index contributed by atoms with van der Waals surface area (Å²) >= 11 is 0. The van der Waals surface area contributed by atoms with Gasteiger partial charge in [0, 0.05) is 62.8 Å². The number of piperazine rings is 1. The van der Waals surface area contributed by atoms with E-state index in [1.54, 1.807) is 18.6 Å². The summed E-state index contributed by atoms with van der Waals surface area (Å²) in [6.45, 7) is 3.55. The van der Waals surface area contributed by atoms with Gasteiger partial charge in [0.1, 0.15) is 5.82 Å². The first-order valence-electron chi connectivity index (χ1n) is 9.43. The van der Waals surface area contributed by atoms with Crippen LogP contribution in [0, 0.1) is 0 Å². The maximum Gasteiger partial charge on any atom is 0.253 e. The maximum atomic E-state index is 12.8. The van der Waals surface area contributed by atoms with Gasteiger partial charge in [0.05, 0.1) is 6.20 Å². The molecule has 2 saturated heterocycles. The molecule has 1 aromatic heterocycles. The van der Waals surface area contributed by atoms with Crippen molar-refractivity contribution in [2.75, 3.05) is 42.5 Å². The van der Waals surface area contributed by atoms with Crippen LogP contribution in [0.15, 0.2) is 42.9 Å². The number of hydrogen-bond donors (Lipinski definition) is 0. The first kappa shape index (κ1) is 17.5. The van der Waals surface area contributed by atoms with Crippen LogP contribution in [0.25, 0.3) is 0 Å². The minimum atomic E-state index is 0.0327. The maximum absolute atomic E-state index is 12.8. The molecule has 0 saturated carbocycles. The first-order chi connectivity index (χ1) is 13.2. The minimum absolute atomic E-state index is 0.0327. The molecule has 0 unspecified atom stereocenters. The normalized spacial score (nSPS) is 17.9. The molecule has 0 spiro atoms. The molecular formula is C20H23N5O2. The highest BCUT2D eigenvalue weighted by Crippen LogP contribution is 2.22. The number of amides is 2. The van der Waals surface area contributed by atoms with Crippen LogP contribution < -0.4 is 9.80 Å². The van der Waals surface area contributed by atoms with Gasteiger partial charge in [-0.2, -0.15) is 0 Å². The van der Waals surface area contributed by atoms with Crippen molar-refractivity contribution >= 4 is 23.3 Å². The van der Waals surface area contributed by atoms with Crippen LogP contribution in [-0.2, 0) is 4.79 Å². The lowest BCUT2D eigenvalue weighted by atomic mass is 10.1. The zero-order valence-electron chi connectivity index (χ0n) is 15.3. The number of rotatable bonds is 3. The van der Waals surface area contributed by atoms with Gasteiger partial charge in [0.25, 0.3) is 5.91 Å². The summed E-state index contributed by atoms with van der Waals surface area (Å²) in [6.07, 6.45) is 7.69. The first-order valence-corrected chi connectivity index (χ1v) is 9.43. The van der Waals surface area contributed by atoms with Crippen molar-refractivity contribution in [2.24, 2.45) is 0 Å². The smallest absolute Gasteiger partial charge is 0.253 e. The van der Waals surface area contributed by atoms with Crippen LogP contribution in [0.4, 0.5) is 11.5 Å². The lowest BCUT2D eigenvalue weighted by molar-refractivity contribution is -0.119. The molecule has 0 aliphatic carbocycles. The van der Waals surface area contributed by atoms with E-state index in [0.717, 1.165) is 44.0 Å². The molecule has 7 heteroatoms. The fourth-order valence-corrected chi connectivity index (χ4v) is 3.64. The molecule has 1 aromatic carbocycles. The number of hydrogen-bond acceptors (Lipinski definition) is 5. The average molecular weight is 365 g/mol. The Balaban J connectivity index is 1.38. The van der Waals surface area contributed by atoms with E-state index in [9.17, 15) is 9.59 Å². The predicted octanol–water partition coefficient (Wildman–Crippen LogP) is 1.96. The standard InChI is InChI=1S/C20H23N5O2/c26-19-3-1-2-10-25(19)17-6-4-16(5-7-17)20(27)24-13-11-23(12-14-24)18-15-21-8-9-22-18/h4-9,15H,1-3,10-14H2. The second-order valence-electron chi connectivity index (χ2n) is 6.89. The molecule has 0 atom stereocenters. The van der Waals surface area contributed by atoms with Crippen LogP contribution in [0.3, 0.4) is 0 Å². The molecule has 7 nitrogen and oxygen atoms in total. The zero-order valence-corrected chi connectivity index (χ0v) is 15.3. The monoisotopic (exact) mass is 365 g/mol. The van der Waals surface area contributed by atoms with E-state index in [1.807, 2.05) is 34.1 Å². The topological polar surface area (TPSA) is 69.6 Å². The van der Waals surface area contributed by atoms with Crippen molar-refractivity contribution in [2.45, 2.75) is 19.3 Å². The summed E-state index contributed by atoms with van der Waals surface area (Å²) in [7, 11) is 0. The van der Waals surface area contributed by atoms with Gasteiger partial charge in [0.15, 0.2) is 0 Å². The van der Waals surface area contributed by atoms with Gasteiger partial charge >= 0.3 is 0 Å². The predicted molar refractivity (Wildman–Crippen MR) is 103 cm³/mol. The molecule has 0 bridgehead atoms. The second kappa shape index (κ2) is 7.73. The van der Waals surface area contributed by atoms with Crippen molar-refractivity contribution < 1.29 is 9.59 Å². The molecule has 2 aliphatic rings. The fraction of sp³-hybridized carbons (Fsp3) is 0.400. The van der Waals surface area contributed by atoms with Crippen molar-refractivity contribution in [3.05, 3.63) is 48.4 Å². The van der Waals surface area contributed by atoms with E-state index in [2.05, 4.69) is 14.9 Å². The van der Waals surface area contributed by atoms with Crippen molar-refractivity contribution in [3.63, 3.8) is 0 Å². The lowest BCUT2D eigenvalue weighted by Gasteiger charge is -2.35. The number of carbonyl (C=O) groups is 2. The Kier molecular flexibility index (Phi) is 5.00. The van der Waals surface area contributed by atoms with E-state index in [0.29, 0.717) is 25.1 Å². The van der Waals surface area contributed by atoms with Gasteiger partial charge < -0.3 is 14.7 Å². The summed E-state index contributed by atoms with van der Waals surface area (Å²) in [5, 5.41) is 0. The van der Waals surface area contributed by atoms with Gasteiger partial charge in [-0.25, -0.2) is 4.98 Å². The molecule has 2 fully saturated rings. The number of carbonyl (C=O) groups excluding carboxylic acids is 2. The number of piperidine rings is 1. The molecular weight excluding hydrogens is 342 g/mol. The Morgan fingerprint density at radius 3 is 2.37 bits per heavy atom. The Labute approximate surface area is 158 Å². The zero-order chi connectivity index (χ0) is 18.6. The van der Waals surface area contributed by atoms with Crippen molar-refractivity contribution in [1.29, 1.82) is 0 Å². The third kappa shape index (κ3) is 3.77. The third-order valence-corrected chi connectivity index (χ3v) is 5.19. The van der Waals surface area contributed by atoms with Gasteiger partial charge in [-0.15, -0.1) is 0 Å². The van der Waals surface area contributed by atoms with Gasteiger partial charge in [-0.3, -0.25) is 14.6 Å². The number of aromatic nitrogens is 2. The van der Waals surface area contributed by atoms with Crippen LogP contribution in [0.1, 0.15) is 29.6 Å². The Morgan fingerprint density at radius 1 is 0.926 bits per heavy atom. The van der Waals surface area contributed by atoms with Gasteiger partial charge in [-0.1, -0.05) is 0 Å². The van der Waals surface area contributed by atoms with E-state index in [4.69, 9.17) is 0 Å². The van der Waals surface area contributed by atoms with Gasteiger partial charge in [0.2, 0.25) is 5.91 Å². The average Bonchev–Trinajstić information content (AvgIpc) is 2.74. The molecule has 4 rings (SSSR count). The van der Waals surface area contributed by atoms with Crippen LogP contribution in [-0.4, -0.2) is 59.4 Å². The number of nitrogens with zero attached hydrogens (tertiary/aromatic N) is 5. The highest BCUT2D eigenvalue weighted by Gasteiger charge is 2.24. The molecule has 27 heavy (non-hydrogen) atoms. The molecule has 140 valence electrons. The molecule has 0 N–H and O–H groups in total. The van der Waals surface area contributed by atoms with Crippen molar-refractivity contribution in [1.82, 2.24) is 14.9 Å². The summed E-state index contributed by atoms with van der Waals surface area (Å²) in [5.74, 6) is 1.05. The van der Waals surface area contributed by atoms with Crippen molar-refractivity contribution in [3.8, 4) is 0 Å². The summed E-state index contributed by atoms with van der Waals surface area (Å²) in [4.78, 5) is 39.1. The van der Waals surface area contributed by atoms with E-state index in [-0.39, 0.29) is 11.8 Å². The molecule has 3 heterocycles. The largest absolute Gasteiger partial charge is 0.352 e. The Bertz CT molecular complexity index is 801. The van der Waals surface area contributed by atoms with E-state index in [1.165, 1.54) is 0 Å². The molecule has 2 amide bonds. The third-order valence-electron chi connectivity index (χ3n) is 5.19. The SMILES string of the molecule is O=C(c1ccc(N2CCCCC2=O)cc1)N1CCN(c2cnccn2)CC1. The van der Waals surface area contributed by atoms with Crippen LogP contribution in [0.2, 0.25) is 0 Å². The van der Waals surface area contributed by atoms with Crippen LogP contribution in [0.5, 0.6) is 0 Å². The highest BCUT2D eigenvalue weighted by molar-refractivity contribution is 5.97. The number of anilines is 2. The van der Waals surface area contributed by atoms with E-state index >= 15 is 0 Å². The fourth-order valence-electron chi connectivity index (χ4n) is 3.64. The minimum Gasteiger partial charge on any atom is -0.352 e. The Hall–Kier alpha value is -2.96. The van der Waals surface area contributed by atoms with Gasteiger partial charge in [-0.05, 0) is 37.1 Å². The molecule has 2 aromatic rings. The lowest BCUT2D eigenvalue weighted by Crippen LogP contribution is -2.49. The summed E-state index contributed by atoms with van der Waals surface area (Å²) in [6, 6.07) is 7.42. The quantitative estimate of drug-likeness (QED) is 0.832. The number of benzene rings is 1. The summed E-state index contributed by atoms with van der Waals surface area (Å²) in [5.41, 5.74) is 1.54. The van der Waals surface area contributed by atoms with E-state index < -0.39 is 0 Å².